The van der Waals surface area contributed by atoms with E-state index in [1.165, 1.54) is 12.1 Å². The van der Waals surface area contributed by atoms with Gasteiger partial charge in [-0.1, -0.05) is 76.7 Å². The number of para-hydroxylation sites is 1. The van der Waals surface area contributed by atoms with Crippen molar-refractivity contribution in [1.82, 2.24) is 4.57 Å². The second-order valence-electron chi connectivity index (χ2n) is 10.2. The Labute approximate surface area is 256 Å². The molecule has 0 saturated carbocycles. The van der Waals surface area contributed by atoms with Crippen LogP contribution in [0.25, 0.3) is 0 Å². The SMILES string of the molecule is Cc1ccc(N2C(=O)C3Sc4c(sc(=O)n4CC(=O)Nc4ccccc4C(F)(F)F)C(c4ccc(Cl)cc4)C3C2=O)cc1. The fraction of sp³-hybridized carbons (Fsp3) is 0.200. The average Bonchev–Trinajstić information content (AvgIpc) is 3.40. The Morgan fingerprint density at radius 1 is 0.953 bits per heavy atom. The van der Waals surface area contributed by atoms with Crippen molar-refractivity contribution < 1.29 is 27.6 Å². The highest BCUT2D eigenvalue weighted by molar-refractivity contribution is 8.00. The summed E-state index contributed by atoms with van der Waals surface area (Å²) in [6.45, 7) is 1.30. The normalized spacial score (nSPS) is 19.7. The van der Waals surface area contributed by atoms with E-state index in [2.05, 4.69) is 5.32 Å². The highest BCUT2D eigenvalue weighted by atomic mass is 35.5. The number of nitrogens with one attached hydrogen (secondary N) is 1. The number of rotatable bonds is 5. The molecule has 6 rings (SSSR count). The van der Waals surface area contributed by atoms with Crippen LogP contribution in [0.2, 0.25) is 5.02 Å². The summed E-state index contributed by atoms with van der Waals surface area (Å²) in [5.74, 6) is -3.25. The van der Waals surface area contributed by atoms with Crippen LogP contribution in [0.4, 0.5) is 24.5 Å². The molecule has 13 heteroatoms. The van der Waals surface area contributed by atoms with E-state index in [4.69, 9.17) is 11.6 Å². The van der Waals surface area contributed by atoms with Crippen LogP contribution in [0.15, 0.2) is 82.6 Å². The minimum absolute atomic E-state index is 0.322. The molecule has 0 bridgehead atoms. The van der Waals surface area contributed by atoms with E-state index in [0.717, 1.165) is 50.3 Å². The topological polar surface area (TPSA) is 88.5 Å². The van der Waals surface area contributed by atoms with Gasteiger partial charge in [0.25, 0.3) is 0 Å². The van der Waals surface area contributed by atoms with Gasteiger partial charge in [0.05, 0.1) is 27.9 Å². The lowest BCUT2D eigenvalue weighted by atomic mass is 9.83. The van der Waals surface area contributed by atoms with Crippen LogP contribution >= 0.6 is 34.7 Å². The van der Waals surface area contributed by atoms with Crippen LogP contribution in [-0.2, 0) is 27.1 Å². The summed E-state index contributed by atoms with van der Waals surface area (Å²) >= 11 is 7.99. The summed E-state index contributed by atoms with van der Waals surface area (Å²) in [4.78, 5) is 55.1. The number of thioether (sulfide) groups is 1. The minimum atomic E-state index is -4.70. The van der Waals surface area contributed by atoms with E-state index in [1.54, 1.807) is 48.5 Å². The molecule has 43 heavy (non-hydrogen) atoms. The van der Waals surface area contributed by atoms with Crippen molar-refractivity contribution in [2.24, 2.45) is 5.92 Å². The summed E-state index contributed by atoms with van der Waals surface area (Å²) < 4.78 is 41.6. The molecular formula is C30H21ClF3N3O4S2. The van der Waals surface area contributed by atoms with E-state index in [0.29, 0.717) is 26.2 Å². The third kappa shape index (κ3) is 5.28. The number of nitrogens with zero attached hydrogens (tertiary/aromatic N) is 2. The molecule has 3 aromatic carbocycles. The molecular weight excluding hydrogens is 623 g/mol. The van der Waals surface area contributed by atoms with Gasteiger partial charge in [-0.25, -0.2) is 4.90 Å². The van der Waals surface area contributed by atoms with Crippen molar-refractivity contribution in [2.75, 3.05) is 10.2 Å². The number of imide groups is 1. The maximum Gasteiger partial charge on any atom is 0.418 e. The van der Waals surface area contributed by atoms with Gasteiger partial charge in [0.1, 0.15) is 11.8 Å². The number of fused-ring (bicyclic) bond motifs is 2. The fourth-order valence-corrected chi connectivity index (χ4v) is 8.30. The average molecular weight is 644 g/mol. The van der Waals surface area contributed by atoms with Crippen molar-refractivity contribution in [3.8, 4) is 0 Å². The molecule has 4 aromatic rings. The number of halogens is 4. The third-order valence-corrected chi connectivity index (χ3v) is 10.2. The molecule has 3 atom stereocenters. The van der Waals surface area contributed by atoms with Crippen molar-refractivity contribution in [1.29, 1.82) is 0 Å². The zero-order chi connectivity index (χ0) is 30.6. The molecule has 0 aliphatic carbocycles. The maximum absolute atomic E-state index is 13.9. The number of thiazole rings is 1. The molecule has 2 aliphatic heterocycles. The van der Waals surface area contributed by atoms with Crippen LogP contribution in [-0.4, -0.2) is 27.5 Å². The number of aromatic nitrogens is 1. The number of benzene rings is 3. The Kier molecular flexibility index (Phi) is 7.47. The van der Waals surface area contributed by atoms with Crippen LogP contribution in [0, 0.1) is 12.8 Å². The number of hydrogen-bond acceptors (Lipinski definition) is 6. The first-order valence-corrected chi connectivity index (χ1v) is 15.1. The van der Waals surface area contributed by atoms with Gasteiger partial charge >= 0.3 is 11.0 Å². The molecule has 220 valence electrons. The van der Waals surface area contributed by atoms with Gasteiger partial charge in [0, 0.05) is 15.8 Å². The Morgan fingerprint density at radius 2 is 1.63 bits per heavy atom. The third-order valence-electron chi connectivity index (χ3n) is 7.38. The van der Waals surface area contributed by atoms with Crippen LogP contribution in [0.1, 0.15) is 27.5 Å². The van der Waals surface area contributed by atoms with Crippen LogP contribution in [0.5, 0.6) is 0 Å². The standard InChI is InChI=1S/C30H21ClF3N3O4S2/c1-15-6-12-18(13-7-15)37-26(39)23-22(16-8-10-17(31)11-9-16)25-28(42-24(23)27(37)40)36(29(41)43-25)14-21(38)35-20-5-3-2-4-19(20)30(32,33)34/h2-13,22-24H,14H2,1H3,(H,35,38). The van der Waals surface area contributed by atoms with E-state index >= 15 is 0 Å². The Hall–Kier alpha value is -3.87. The molecule has 7 nitrogen and oxygen atoms in total. The maximum atomic E-state index is 13.9. The summed E-state index contributed by atoms with van der Waals surface area (Å²) in [6.07, 6.45) is -4.70. The van der Waals surface area contributed by atoms with E-state index < -0.39 is 63.7 Å². The molecule has 3 unspecified atom stereocenters. The molecule has 3 amide bonds. The van der Waals surface area contributed by atoms with Gasteiger partial charge in [-0.05, 0) is 48.9 Å². The highest BCUT2D eigenvalue weighted by Gasteiger charge is 2.56. The fourth-order valence-electron chi connectivity index (χ4n) is 5.41. The summed E-state index contributed by atoms with van der Waals surface area (Å²) in [5.41, 5.74) is 0.582. The Bertz CT molecular complexity index is 1820. The lowest BCUT2D eigenvalue weighted by Gasteiger charge is -2.30. The molecule has 0 spiro atoms. The van der Waals surface area contributed by atoms with Gasteiger partial charge in [0.2, 0.25) is 17.7 Å². The Morgan fingerprint density at radius 3 is 2.30 bits per heavy atom. The van der Waals surface area contributed by atoms with Crippen molar-refractivity contribution in [3.05, 3.63) is 109 Å². The second-order valence-corrected chi connectivity index (χ2v) is 12.7. The molecule has 1 fully saturated rings. The van der Waals surface area contributed by atoms with E-state index in [9.17, 15) is 32.3 Å². The lowest BCUT2D eigenvalue weighted by molar-refractivity contribution is -0.137. The predicted molar refractivity (Wildman–Crippen MR) is 159 cm³/mol. The summed E-state index contributed by atoms with van der Waals surface area (Å²) in [5, 5.41) is 2.14. The zero-order valence-corrected chi connectivity index (χ0v) is 24.6. The summed E-state index contributed by atoms with van der Waals surface area (Å²) in [7, 11) is 0. The predicted octanol–water partition coefficient (Wildman–Crippen LogP) is 6.32. The first-order chi connectivity index (χ1) is 20.4. The second kappa shape index (κ2) is 11.0. The number of amides is 3. The number of hydrogen-bond donors (Lipinski definition) is 1. The number of aryl methyl sites for hydroxylation is 1. The molecule has 2 aliphatic rings. The largest absolute Gasteiger partial charge is 0.418 e. The van der Waals surface area contributed by atoms with Gasteiger partial charge in [-0.3, -0.25) is 23.7 Å². The van der Waals surface area contributed by atoms with Gasteiger partial charge in [-0.15, -0.1) is 0 Å². The summed E-state index contributed by atoms with van der Waals surface area (Å²) in [6, 6.07) is 18.3. The molecule has 3 heterocycles. The molecule has 1 aromatic heterocycles. The highest BCUT2D eigenvalue weighted by Crippen LogP contribution is 2.54. The monoisotopic (exact) mass is 643 g/mol. The quantitative estimate of drug-likeness (QED) is 0.257. The number of carbonyl (C=O) groups excluding carboxylic acids is 3. The van der Waals surface area contributed by atoms with Gasteiger partial charge < -0.3 is 5.32 Å². The van der Waals surface area contributed by atoms with Gasteiger partial charge in [-0.2, -0.15) is 13.2 Å². The van der Waals surface area contributed by atoms with E-state index in [1.807, 2.05) is 6.92 Å². The van der Waals surface area contributed by atoms with Crippen molar-refractivity contribution >= 4 is 63.8 Å². The van der Waals surface area contributed by atoms with Crippen LogP contribution < -0.4 is 15.1 Å². The zero-order valence-electron chi connectivity index (χ0n) is 22.2. The van der Waals surface area contributed by atoms with Gasteiger partial charge in [0.15, 0.2) is 0 Å². The smallest absolute Gasteiger partial charge is 0.324 e. The number of anilines is 2. The Balaban J connectivity index is 1.39. The first kappa shape index (κ1) is 29.2. The minimum Gasteiger partial charge on any atom is -0.324 e. The molecule has 1 N–H and O–H groups in total. The van der Waals surface area contributed by atoms with Crippen LogP contribution in [0.3, 0.4) is 0 Å². The molecule has 0 radical (unpaired) electrons. The van der Waals surface area contributed by atoms with E-state index in [-0.39, 0.29) is 0 Å². The first-order valence-electron chi connectivity index (χ1n) is 13.0. The lowest BCUT2D eigenvalue weighted by Crippen LogP contribution is -2.33. The number of carbonyl (C=O) groups is 3. The van der Waals surface area contributed by atoms with Crippen molar-refractivity contribution in [3.63, 3.8) is 0 Å². The number of alkyl halides is 3. The van der Waals surface area contributed by atoms with Crippen molar-refractivity contribution in [2.45, 2.75) is 35.8 Å². The molecule has 1 saturated heterocycles.